The standard InChI is InChI=1S/C25H37N4O3S/c1-4-5-6-10-16-31-24-23(27-33-28-24)21-14-11-15-29(3,18-21)19(2)32-25(30)22(26)17-20-12-8-7-9-13-20/h7-9,12-14,19,22H,4-6,10-11,15-18,26H2,1-3H3/q+1/p+1/t19-,22-,29?/m0/s1. The van der Waals surface area contributed by atoms with Crippen molar-refractivity contribution >= 4 is 23.3 Å². The minimum Gasteiger partial charge on any atom is -0.475 e. The minimum absolute atomic E-state index is 0.256. The summed E-state index contributed by atoms with van der Waals surface area (Å²) in [5.74, 6) is 0.370. The van der Waals surface area contributed by atoms with Gasteiger partial charge in [-0.25, -0.2) is 4.79 Å². The summed E-state index contributed by atoms with van der Waals surface area (Å²) in [6, 6.07) is 9.50. The first-order valence-corrected chi connectivity index (χ1v) is 12.7. The van der Waals surface area contributed by atoms with E-state index in [4.69, 9.17) is 9.47 Å². The number of hydrogen-bond donors (Lipinski definition) is 1. The van der Waals surface area contributed by atoms with Crippen molar-refractivity contribution in [1.82, 2.24) is 8.75 Å². The van der Waals surface area contributed by atoms with Gasteiger partial charge >= 0.3 is 5.97 Å². The van der Waals surface area contributed by atoms with Gasteiger partial charge in [0.25, 0.3) is 5.88 Å². The molecule has 0 radical (unpaired) electrons. The van der Waals surface area contributed by atoms with Crippen molar-refractivity contribution in [2.24, 2.45) is 0 Å². The van der Waals surface area contributed by atoms with E-state index < -0.39 is 6.04 Å². The second-order valence-corrected chi connectivity index (χ2v) is 9.66. The Hall–Kier alpha value is -2.29. The zero-order chi connectivity index (χ0) is 23.7. The number of quaternary nitrogens is 2. The zero-order valence-corrected chi connectivity index (χ0v) is 21.0. The average molecular weight is 475 g/mol. The summed E-state index contributed by atoms with van der Waals surface area (Å²) in [5.41, 5.74) is 7.07. The van der Waals surface area contributed by atoms with Gasteiger partial charge in [0.1, 0.15) is 12.2 Å². The molecule has 0 fully saturated rings. The Morgan fingerprint density at radius 3 is 2.76 bits per heavy atom. The van der Waals surface area contributed by atoms with Crippen LogP contribution in [0.25, 0.3) is 5.57 Å². The maximum Gasteiger partial charge on any atom is 0.369 e. The van der Waals surface area contributed by atoms with Crippen molar-refractivity contribution in [3.05, 3.63) is 47.7 Å². The van der Waals surface area contributed by atoms with Gasteiger partial charge in [0.05, 0.1) is 31.9 Å². The van der Waals surface area contributed by atoms with E-state index in [2.05, 4.69) is 34.5 Å². The summed E-state index contributed by atoms with van der Waals surface area (Å²) in [7, 11) is 2.13. The summed E-state index contributed by atoms with van der Waals surface area (Å²) in [4.78, 5) is 12.8. The van der Waals surface area contributed by atoms with Crippen LogP contribution in [0.2, 0.25) is 0 Å². The Morgan fingerprint density at radius 2 is 2.00 bits per heavy atom. The van der Waals surface area contributed by atoms with Crippen molar-refractivity contribution in [1.29, 1.82) is 0 Å². The van der Waals surface area contributed by atoms with Gasteiger partial charge in [0.2, 0.25) is 6.23 Å². The van der Waals surface area contributed by atoms with Gasteiger partial charge in [-0.1, -0.05) is 62.6 Å². The van der Waals surface area contributed by atoms with Crippen LogP contribution in [0.15, 0.2) is 36.4 Å². The molecule has 3 N–H and O–H groups in total. The van der Waals surface area contributed by atoms with Crippen molar-refractivity contribution in [2.45, 2.75) is 64.6 Å². The van der Waals surface area contributed by atoms with E-state index in [1.54, 1.807) is 0 Å². The number of likely N-dealkylation sites (N-methyl/N-ethyl adjacent to an activating group) is 1. The molecule has 7 nitrogen and oxygen atoms in total. The van der Waals surface area contributed by atoms with Crippen LogP contribution in [0.5, 0.6) is 5.88 Å². The molecule has 1 aliphatic rings. The van der Waals surface area contributed by atoms with Gasteiger partial charge in [-0.2, -0.15) is 4.37 Å². The molecular weight excluding hydrogens is 436 g/mol. The van der Waals surface area contributed by atoms with E-state index in [0.717, 1.165) is 36.2 Å². The molecule has 3 rings (SSSR count). The molecule has 8 heteroatoms. The predicted octanol–water partition coefficient (Wildman–Crippen LogP) is 3.47. The molecule has 2 heterocycles. The SMILES string of the molecule is CCCCCCOc1nsnc1C1=CCC[N+](C)([C@H](C)OC(=O)[C@@H]([NH3+])Cc2ccccc2)C1. The van der Waals surface area contributed by atoms with E-state index in [1.807, 2.05) is 37.3 Å². The third-order valence-corrected chi connectivity index (χ3v) is 6.90. The molecule has 1 aromatic carbocycles. The Bertz CT molecular complexity index is 917. The first kappa shape index (κ1) is 25.3. The Kier molecular flexibility index (Phi) is 9.41. The average Bonchev–Trinajstić information content (AvgIpc) is 3.28. The van der Waals surface area contributed by atoms with Crippen LogP contribution >= 0.6 is 11.7 Å². The Balaban J connectivity index is 1.57. The van der Waals surface area contributed by atoms with Crippen LogP contribution in [-0.4, -0.2) is 58.2 Å². The third kappa shape index (κ3) is 7.09. The normalized spacial score (nSPS) is 20.1. The lowest BCUT2D eigenvalue weighted by molar-refractivity contribution is -0.944. The van der Waals surface area contributed by atoms with Gasteiger partial charge < -0.3 is 15.2 Å². The lowest BCUT2D eigenvalue weighted by atomic mass is 10.0. The number of aromatic nitrogens is 2. The Morgan fingerprint density at radius 1 is 1.21 bits per heavy atom. The molecule has 180 valence electrons. The molecule has 1 aliphatic heterocycles. The van der Waals surface area contributed by atoms with E-state index >= 15 is 0 Å². The number of carbonyl (C=O) groups excluding carboxylic acids is 1. The fourth-order valence-electron chi connectivity index (χ4n) is 4.09. The van der Waals surface area contributed by atoms with E-state index in [-0.39, 0.29) is 12.2 Å². The lowest BCUT2D eigenvalue weighted by Gasteiger charge is -2.41. The van der Waals surface area contributed by atoms with Gasteiger partial charge in [0, 0.05) is 25.3 Å². The number of unbranched alkanes of at least 4 members (excludes halogenated alkanes) is 3. The summed E-state index contributed by atoms with van der Waals surface area (Å²) >= 11 is 1.19. The molecular formula is C25H38N4O3S+2. The maximum absolute atomic E-state index is 12.8. The van der Waals surface area contributed by atoms with Crippen LogP contribution in [0.1, 0.15) is 57.2 Å². The highest BCUT2D eigenvalue weighted by atomic mass is 32.1. The second-order valence-electron chi connectivity index (χ2n) is 9.13. The van der Waals surface area contributed by atoms with Crippen LogP contribution < -0.4 is 10.5 Å². The van der Waals surface area contributed by atoms with Crippen molar-refractivity contribution in [3.8, 4) is 5.88 Å². The molecule has 0 aliphatic carbocycles. The summed E-state index contributed by atoms with van der Waals surface area (Å²) in [6.45, 7) is 6.45. The van der Waals surface area contributed by atoms with Crippen LogP contribution in [-0.2, 0) is 16.0 Å². The number of nitrogens with zero attached hydrogens (tertiary/aromatic N) is 3. The molecule has 0 saturated heterocycles. The molecule has 3 atom stereocenters. The maximum atomic E-state index is 12.8. The minimum atomic E-state index is -0.434. The summed E-state index contributed by atoms with van der Waals surface area (Å²) < 4.78 is 21.4. The highest BCUT2D eigenvalue weighted by Gasteiger charge is 2.38. The van der Waals surface area contributed by atoms with Gasteiger partial charge in [-0.05, 0) is 12.0 Å². The first-order valence-electron chi connectivity index (χ1n) is 12.0. The fraction of sp³-hybridized carbons (Fsp3) is 0.560. The molecule has 33 heavy (non-hydrogen) atoms. The zero-order valence-electron chi connectivity index (χ0n) is 20.2. The number of esters is 1. The highest BCUT2D eigenvalue weighted by Crippen LogP contribution is 2.31. The van der Waals surface area contributed by atoms with Crippen LogP contribution in [0.3, 0.4) is 0 Å². The fourth-order valence-corrected chi connectivity index (χ4v) is 4.62. The highest BCUT2D eigenvalue weighted by molar-refractivity contribution is 6.99. The first-order chi connectivity index (χ1) is 15.9. The third-order valence-electron chi connectivity index (χ3n) is 6.38. The number of carbonyl (C=O) groups is 1. The summed E-state index contributed by atoms with van der Waals surface area (Å²) in [5, 5.41) is 0. The van der Waals surface area contributed by atoms with Gasteiger partial charge in [-0.3, -0.25) is 4.48 Å². The molecule has 0 saturated carbocycles. The van der Waals surface area contributed by atoms with Crippen LogP contribution in [0.4, 0.5) is 0 Å². The molecule has 0 spiro atoms. The second kappa shape index (κ2) is 12.3. The topological polar surface area (TPSA) is 89.0 Å². The number of ether oxygens (including phenoxy) is 2. The Labute approximate surface area is 201 Å². The lowest BCUT2D eigenvalue weighted by Crippen LogP contribution is -2.67. The van der Waals surface area contributed by atoms with Crippen LogP contribution in [0, 0.1) is 0 Å². The molecule has 1 aromatic heterocycles. The van der Waals surface area contributed by atoms with E-state index in [0.29, 0.717) is 29.9 Å². The molecule has 0 amide bonds. The molecule has 2 aromatic rings. The molecule has 0 bridgehead atoms. The van der Waals surface area contributed by atoms with Crippen molar-refractivity contribution in [2.75, 3.05) is 26.7 Å². The summed E-state index contributed by atoms with van der Waals surface area (Å²) in [6.07, 6.45) is 8.02. The monoisotopic (exact) mass is 474 g/mol. The van der Waals surface area contributed by atoms with E-state index in [9.17, 15) is 4.79 Å². The predicted molar refractivity (Wildman–Crippen MR) is 130 cm³/mol. The molecule has 1 unspecified atom stereocenters. The largest absolute Gasteiger partial charge is 0.475 e. The van der Waals surface area contributed by atoms with Crippen molar-refractivity contribution in [3.63, 3.8) is 0 Å². The number of rotatable bonds is 12. The quantitative estimate of drug-likeness (QED) is 0.289. The smallest absolute Gasteiger partial charge is 0.369 e. The van der Waals surface area contributed by atoms with E-state index in [1.165, 1.54) is 31.0 Å². The number of hydrogen-bond acceptors (Lipinski definition) is 6. The van der Waals surface area contributed by atoms with Crippen molar-refractivity contribution < 1.29 is 24.5 Å². The van der Waals surface area contributed by atoms with Gasteiger partial charge in [0.15, 0.2) is 6.04 Å². The van der Waals surface area contributed by atoms with Gasteiger partial charge in [-0.15, -0.1) is 4.37 Å². The number of benzene rings is 1.